The Morgan fingerprint density at radius 1 is 1.00 bits per heavy atom. The normalized spacial score (nSPS) is 26.0. The van der Waals surface area contributed by atoms with Crippen LogP contribution in [0.1, 0.15) is 38.5 Å². The molecule has 3 saturated heterocycles. The highest BCUT2D eigenvalue weighted by molar-refractivity contribution is 7.99. The fourth-order valence-electron chi connectivity index (χ4n) is 4.41. The molecule has 0 aromatic carbocycles. The number of nitrogens with zero attached hydrogens (tertiary/aromatic N) is 2. The molecule has 0 aromatic heterocycles. The van der Waals surface area contributed by atoms with Gasteiger partial charge in [0.2, 0.25) is 15.9 Å². The molecule has 26 heavy (non-hydrogen) atoms. The van der Waals surface area contributed by atoms with Gasteiger partial charge in [-0.1, -0.05) is 0 Å². The minimum Gasteiger partial charge on any atom is -0.356 e. The molecular formula is C18H33N3O3S2. The molecule has 3 fully saturated rings. The van der Waals surface area contributed by atoms with E-state index in [0.29, 0.717) is 31.8 Å². The summed E-state index contributed by atoms with van der Waals surface area (Å²) < 4.78 is 24.6. The molecule has 0 unspecified atom stereocenters. The fraction of sp³-hybridized carbons (Fsp3) is 0.944. The summed E-state index contributed by atoms with van der Waals surface area (Å²) in [5.41, 5.74) is 0. The Hall–Kier alpha value is -0.310. The van der Waals surface area contributed by atoms with Crippen LogP contribution in [0.4, 0.5) is 0 Å². The van der Waals surface area contributed by atoms with E-state index < -0.39 is 10.0 Å². The van der Waals surface area contributed by atoms with Gasteiger partial charge in [-0.25, -0.2) is 12.7 Å². The van der Waals surface area contributed by atoms with Gasteiger partial charge in [-0.3, -0.25) is 4.79 Å². The third-order valence-electron chi connectivity index (χ3n) is 6.22. The van der Waals surface area contributed by atoms with Crippen molar-refractivity contribution >= 4 is 27.7 Å². The van der Waals surface area contributed by atoms with Crippen LogP contribution in [0.15, 0.2) is 0 Å². The largest absolute Gasteiger partial charge is 0.356 e. The van der Waals surface area contributed by atoms with Crippen LogP contribution >= 0.6 is 11.8 Å². The van der Waals surface area contributed by atoms with Crippen LogP contribution in [0, 0.1) is 11.8 Å². The van der Waals surface area contributed by atoms with E-state index in [1.807, 2.05) is 0 Å². The molecule has 8 heteroatoms. The molecule has 1 amide bonds. The Morgan fingerprint density at radius 3 is 2.19 bits per heavy atom. The minimum absolute atomic E-state index is 0.0344. The van der Waals surface area contributed by atoms with Gasteiger partial charge in [0.05, 0.1) is 6.26 Å². The molecule has 1 N–H and O–H groups in total. The van der Waals surface area contributed by atoms with Crippen LogP contribution in [0.2, 0.25) is 0 Å². The molecule has 0 bridgehead atoms. The maximum absolute atomic E-state index is 12.4. The van der Waals surface area contributed by atoms with Crippen LogP contribution in [0.5, 0.6) is 0 Å². The summed E-state index contributed by atoms with van der Waals surface area (Å²) in [4.78, 5) is 15.1. The molecule has 3 aliphatic heterocycles. The second-order valence-electron chi connectivity index (χ2n) is 8.00. The van der Waals surface area contributed by atoms with E-state index in [-0.39, 0.29) is 11.8 Å². The van der Waals surface area contributed by atoms with Gasteiger partial charge < -0.3 is 10.2 Å². The second-order valence-corrected chi connectivity index (χ2v) is 11.2. The monoisotopic (exact) mass is 403 g/mol. The smallest absolute Gasteiger partial charge is 0.223 e. The Bertz CT molecular complexity index is 562. The lowest BCUT2D eigenvalue weighted by molar-refractivity contribution is -0.126. The molecule has 0 radical (unpaired) electrons. The summed E-state index contributed by atoms with van der Waals surface area (Å²) in [5, 5.41) is 3.14. The van der Waals surface area contributed by atoms with Gasteiger partial charge in [-0.05, 0) is 69.0 Å². The topological polar surface area (TPSA) is 69.7 Å². The highest BCUT2D eigenvalue weighted by Gasteiger charge is 2.30. The maximum Gasteiger partial charge on any atom is 0.223 e. The summed E-state index contributed by atoms with van der Waals surface area (Å²) in [7, 11) is -3.12. The lowest BCUT2D eigenvalue weighted by Gasteiger charge is -2.39. The SMILES string of the molecule is CS(=O)(=O)N1CCC(C(=O)NCC2CCN(C3CCSCC3)CC2)CC1. The fourth-order valence-corrected chi connectivity index (χ4v) is 6.37. The van der Waals surface area contributed by atoms with E-state index in [4.69, 9.17) is 0 Å². The van der Waals surface area contributed by atoms with Crippen molar-refractivity contribution in [3.8, 4) is 0 Å². The van der Waals surface area contributed by atoms with E-state index in [1.165, 1.54) is 60.8 Å². The molecule has 150 valence electrons. The molecule has 0 aliphatic carbocycles. The summed E-state index contributed by atoms with van der Waals surface area (Å²) in [6.07, 6.45) is 7.53. The number of likely N-dealkylation sites (tertiary alicyclic amines) is 1. The lowest BCUT2D eigenvalue weighted by Crippen LogP contribution is -2.46. The molecule has 6 nitrogen and oxygen atoms in total. The summed E-state index contributed by atoms with van der Waals surface area (Å²) >= 11 is 2.08. The summed E-state index contributed by atoms with van der Waals surface area (Å²) in [6, 6.07) is 0.784. The van der Waals surface area contributed by atoms with Crippen LogP contribution in [0.25, 0.3) is 0 Å². The van der Waals surface area contributed by atoms with E-state index >= 15 is 0 Å². The van der Waals surface area contributed by atoms with Crippen LogP contribution < -0.4 is 5.32 Å². The van der Waals surface area contributed by atoms with Gasteiger partial charge in [0, 0.05) is 31.6 Å². The average molecular weight is 404 g/mol. The molecule has 0 spiro atoms. The molecule has 3 heterocycles. The van der Waals surface area contributed by atoms with Crippen LogP contribution in [0.3, 0.4) is 0 Å². The number of piperidine rings is 2. The third kappa shape index (κ3) is 5.59. The number of sulfonamides is 1. The summed E-state index contributed by atoms with van der Waals surface area (Å²) in [5.74, 6) is 3.28. The van der Waals surface area contributed by atoms with Crippen molar-refractivity contribution in [1.82, 2.24) is 14.5 Å². The standard InChI is InChI=1S/C18H33N3O3S2/c1-26(23,24)21-10-4-16(5-11-21)18(22)19-14-15-2-8-20(9-3-15)17-6-12-25-13-7-17/h15-17H,2-14H2,1H3,(H,19,22). The Labute approximate surface area is 162 Å². The van der Waals surface area contributed by atoms with E-state index in [9.17, 15) is 13.2 Å². The second kappa shape index (κ2) is 9.26. The first-order valence-corrected chi connectivity index (χ1v) is 13.0. The molecular weight excluding hydrogens is 370 g/mol. The van der Waals surface area contributed by atoms with Crippen LogP contribution in [-0.2, 0) is 14.8 Å². The highest BCUT2D eigenvalue weighted by Crippen LogP contribution is 2.26. The first-order chi connectivity index (χ1) is 12.4. The number of hydrogen-bond acceptors (Lipinski definition) is 5. The van der Waals surface area contributed by atoms with Crippen molar-refractivity contribution in [3.63, 3.8) is 0 Å². The number of amides is 1. The number of hydrogen-bond donors (Lipinski definition) is 1. The zero-order valence-corrected chi connectivity index (χ0v) is 17.5. The molecule has 0 saturated carbocycles. The van der Waals surface area contributed by atoms with Crippen molar-refractivity contribution in [2.75, 3.05) is 50.5 Å². The maximum atomic E-state index is 12.4. The molecule has 0 aromatic rings. The predicted molar refractivity (Wildman–Crippen MR) is 107 cm³/mol. The quantitative estimate of drug-likeness (QED) is 0.751. The Morgan fingerprint density at radius 2 is 1.62 bits per heavy atom. The number of carbonyl (C=O) groups excluding carboxylic acids is 1. The van der Waals surface area contributed by atoms with Crippen molar-refractivity contribution in [2.24, 2.45) is 11.8 Å². The van der Waals surface area contributed by atoms with Crippen LogP contribution in [-0.4, -0.2) is 80.1 Å². The van der Waals surface area contributed by atoms with Crippen molar-refractivity contribution in [1.29, 1.82) is 0 Å². The van der Waals surface area contributed by atoms with Gasteiger partial charge in [0.15, 0.2) is 0 Å². The van der Waals surface area contributed by atoms with Gasteiger partial charge >= 0.3 is 0 Å². The third-order valence-corrected chi connectivity index (χ3v) is 8.57. The highest BCUT2D eigenvalue weighted by atomic mass is 32.2. The van der Waals surface area contributed by atoms with Gasteiger partial charge in [-0.2, -0.15) is 11.8 Å². The first-order valence-electron chi connectivity index (χ1n) is 9.98. The van der Waals surface area contributed by atoms with E-state index in [1.54, 1.807) is 0 Å². The first kappa shape index (κ1) is 20.4. The molecule has 3 rings (SSSR count). The number of nitrogens with one attached hydrogen (secondary N) is 1. The van der Waals surface area contributed by atoms with Crippen molar-refractivity contribution < 1.29 is 13.2 Å². The van der Waals surface area contributed by atoms with Gasteiger partial charge in [-0.15, -0.1) is 0 Å². The zero-order valence-electron chi connectivity index (χ0n) is 15.9. The zero-order chi connectivity index (χ0) is 18.6. The lowest BCUT2D eigenvalue weighted by atomic mass is 9.93. The van der Waals surface area contributed by atoms with Gasteiger partial charge in [0.1, 0.15) is 0 Å². The van der Waals surface area contributed by atoms with Crippen molar-refractivity contribution in [3.05, 3.63) is 0 Å². The van der Waals surface area contributed by atoms with Crippen molar-refractivity contribution in [2.45, 2.75) is 44.6 Å². The molecule has 0 atom stereocenters. The van der Waals surface area contributed by atoms with Gasteiger partial charge in [0.25, 0.3) is 0 Å². The molecule has 3 aliphatic rings. The Balaban J connectivity index is 1.34. The summed E-state index contributed by atoms with van der Waals surface area (Å²) in [6.45, 7) is 4.05. The minimum atomic E-state index is -3.12. The number of thioether (sulfide) groups is 1. The number of rotatable bonds is 5. The van der Waals surface area contributed by atoms with E-state index in [2.05, 4.69) is 22.0 Å². The average Bonchev–Trinajstić information content (AvgIpc) is 2.66. The Kier molecular flexibility index (Phi) is 7.27. The number of carbonyl (C=O) groups is 1. The van der Waals surface area contributed by atoms with E-state index in [0.717, 1.165) is 12.6 Å². The predicted octanol–water partition coefficient (Wildman–Crippen LogP) is 1.38.